The van der Waals surface area contributed by atoms with Crippen LogP contribution >= 0.6 is 11.3 Å². The fraction of sp³-hybridized carbons (Fsp3) is 0.526. The van der Waals surface area contributed by atoms with Crippen LogP contribution in [0.15, 0.2) is 40.5 Å². The SMILES string of the molecule is C=C(C=N/C(=C/c1c2c3cc(c(F)cc3n1CC(F)(F)F)-c1csc(n1)C[C@H](N)C(=O)N1CCC[C@H](N1)C(=O)OCC(C)(C)C2)[C@H](C)OC)N1CCOCC1. The third-order valence-electron chi connectivity index (χ3n) is 10.0. The topological polar surface area (TPSA) is 137 Å². The number of alkyl halides is 3. The Labute approximate surface area is 321 Å². The molecular weight excluding hydrogens is 743 g/mol. The molecule has 1 aromatic carbocycles. The molecule has 0 spiro atoms. The summed E-state index contributed by atoms with van der Waals surface area (Å²) >= 11 is 1.20. The highest BCUT2D eigenvalue weighted by Crippen LogP contribution is 2.39. The predicted molar refractivity (Wildman–Crippen MR) is 202 cm³/mol. The number of rotatable bonds is 7. The molecule has 3 atom stereocenters. The molecule has 6 bridgehead atoms. The molecule has 5 heterocycles. The Morgan fingerprint density at radius 2 is 2.00 bits per heavy atom. The summed E-state index contributed by atoms with van der Waals surface area (Å²) in [6.07, 6.45) is -1.10. The van der Waals surface area contributed by atoms with Crippen LogP contribution in [0.3, 0.4) is 0 Å². The van der Waals surface area contributed by atoms with E-state index in [1.165, 1.54) is 29.5 Å². The van der Waals surface area contributed by atoms with Crippen LogP contribution in [0.1, 0.15) is 49.9 Å². The fourth-order valence-electron chi connectivity index (χ4n) is 6.97. The number of fused-ring (bicyclic) bond motifs is 6. The molecular formula is C38H47F4N7O5S. The Bertz CT molecular complexity index is 1980. The minimum atomic E-state index is -4.68. The Morgan fingerprint density at radius 3 is 2.71 bits per heavy atom. The number of morpholine rings is 1. The highest BCUT2D eigenvalue weighted by Gasteiger charge is 2.36. The van der Waals surface area contributed by atoms with E-state index in [2.05, 4.69) is 22.0 Å². The minimum absolute atomic E-state index is 0.0164. The molecule has 3 aromatic rings. The van der Waals surface area contributed by atoms with Crippen molar-refractivity contribution in [3.63, 3.8) is 0 Å². The van der Waals surface area contributed by atoms with Crippen LogP contribution in [-0.2, 0) is 43.2 Å². The van der Waals surface area contributed by atoms with Crippen LogP contribution in [-0.4, -0.2) is 108 Å². The molecule has 1 amide bonds. The molecule has 0 saturated carbocycles. The summed E-state index contributed by atoms with van der Waals surface area (Å²) in [7, 11) is 1.47. The lowest BCUT2D eigenvalue weighted by atomic mass is 9.85. The number of benzene rings is 1. The number of aromatic nitrogens is 2. The van der Waals surface area contributed by atoms with Gasteiger partial charge in [-0.2, -0.15) is 13.2 Å². The number of hydrogen-bond donors (Lipinski definition) is 2. The van der Waals surface area contributed by atoms with Crippen molar-refractivity contribution >= 4 is 46.4 Å². The monoisotopic (exact) mass is 789 g/mol. The van der Waals surface area contributed by atoms with E-state index in [9.17, 15) is 22.8 Å². The van der Waals surface area contributed by atoms with Crippen molar-refractivity contribution in [2.24, 2.45) is 16.1 Å². The number of carbonyl (C=O) groups is 2. The molecule has 3 N–H and O–H groups in total. The van der Waals surface area contributed by atoms with Crippen molar-refractivity contribution in [1.29, 1.82) is 0 Å². The number of amides is 1. The second-order valence-electron chi connectivity index (χ2n) is 14.9. The van der Waals surface area contributed by atoms with Crippen molar-refractivity contribution in [1.82, 2.24) is 24.9 Å². The second-order valence-corrected chi connectivity index (χ2v) is 15.9. The van der Waals surface area contributed by atoms with E-state index in [0.717, 1.165) is 10.6 Å². The Kier molecular flexibility index (Phi) is 12.2. The van der Waals surface area contributed by atoms with Crippen molar-refractivity contribution in [2.75, 3.05) is 46.6 Å². The summed E-state index contributed by atoms with van der Waals surface area (Å²) in [5.74, 6) is -1.76. The maximum atomic E-state index is 16.2. The standard InChI is InChI=1S/C38H47F4N7O5S/c1-22(47-9-11-53-12-10-47)18-44-30(23(2)52-5)16-33-26-17-37(3,4)21-54-36(51)29-7-6-8-49(46-29)35(50)28(43)15-34-45-31(19-55-34)25-13-24(26)32(14-27(25)39)48(33)20-38(40,41)42/h13-14,16,18-19,23,28-29,46H,1,6-12,15,17,20-21,43H2,2-5H3/b30-16+,44-18?/t23-,28-,29-/m0/s1. The van der Waals surface area contributed by atoms with Gasteiger partial charge < -0.3 is 29.4 Å². The zero-order chi connectivity index (χ0) is 39.7. The molecule has 2 fully saturated rings. The first kappa shape index (κ1) is 40.5. The minimum Gasteiger partial charge on any atom is -0.464 e. The Balaban J connectivity index is 1.54. The largest absolute Gasteiger partial charge is 0.464 e. The highest BCUT2D eigenvalue weighted by molar-refractivity contribution is 7.10. The van der Waals surface area contributed by atoms with Gasteiger partial charge in [-0.25, -0.2) is 14.8 Å². The first-order valence-corrected chi connectivity index (χ1v) is 19.1. The van der Waals surface area contributed by atoms with Crippen LogP contribution < -0.4 is 11.2 Å². The molecule has 0 unspecified atom stereocenters. The average molecular weight is 790 g/mol. The summed E-state index contributed by atoms with van der Waals surface area (Å²) in [5, 5.41) is 3.81. The van der Waals surface area contributed by atoms with E-state index in [4.69, 9.17) is 19.9 Å². The Hall–Kier alpha value is -4.16. The van der Waals surface area contributed by atoms with Gasteiger partial charge >= 0.3 is 12.1 Å². The maximum Gasteiger partial charge on any atom is 0.406 e. The van der Waals surface area contributed by atoms with Gasteiger partial charge in [-0.05, 0) is 50.0 Å². The molecule has 2 aromatic heterocycles. The zero-order valence-electron chi connectivity index (χ0n) is 31.4. The number of halogens is 4. The van der Waals surface area contributed by atoms with Gasteiger partial charge in [0.15, 0.2) is 0 Å². The predicted octanol–water partition coefficient (Wildman–Crippen LogP) is 5.25. The lowest BCUT2D eigenvalue weighted by Crippen LogP contribution is -2.59. The summed E-state index contributed by atoms with van der Waals surface area (Å²) in [6, 6.07) is 0.815. The normalized spacial score (nSPS) is 22.2. The lowest BCUT2D eigenvalue weighted by Gasteiger charge is -2.34. The third-order valence-corrected chi connectivity index (χ3v) is 10.9. The fourth-order valence-corrected chi connectivity index (χ4v) is 7.83. The number of thiazole rings is 1. The van der Waals surface area contributed by atoms with Gasteiger partial charge in [0.05, 0.1) is 53.9 Å². The van der Waals surface area contributed by atoms with E-state index in [1.807, 2.05) is 18.7 Å². The van der Waals surface area contributed by atoms with E-state index in [-0.39, 0.29) is 41.9 Å². The van der Waals surface area contributed by atoms with Crippen LogP contribution in [0.5, 0.6) is 0 Å². The number of nitrogens with zero attached hydrogens (tertiary/aromatic N) is 5. The molecule has 298 valence electrons. The number of methoxy groups -OCH3 is 1. The number of hydrogen-bond acceptors (Lipinski definition) is 11. The van der Waals surface area contributed by atoms with Crippen molar-refractivity contribution in [3.8, 4) is 11.3 Å². The van der Waals surface area contributed by atoms with Gasteiger partial charge in [0, 0.05) is 72.5 Å². The van der Waals surface area contributed by atoms with Gasteiger partial charge in [0.1, 0.15) is 18.4 Å². The molecule has 3 aliphatic heterocycles. The molecule has 12 nitrogen and oxygen atoms in total. The molecule has 55 heavy (non-hydrogen) atoms. The van der Waals surface area contributed by atoms with Gasteiger partial charge in [-0.3, -0.25) is 19.6 Å². The Morgan fingerprint density at radius 1 is 1.25 bits per heavy atom. The number of hydrazine groups is 1. The molecule has 17 heteroatoms. The molecule has 6 rings (SSSR count). The third kappa shape index (κ3) is 9.45. The number of nitrogens with two attached hydrogens (primary N) is 1. The number of ether oxygens (including phenoxy) is 3. The quantitative estimate of drug-likeness (QED) is 0.187. The molecule has 0 radical (unpaired) electrons. The van der Waals surface area contributed by atoms with Gasteiger partial charge in [0.25, 0.3) is 5.91 Å². The number of nitrogens with one attached hydrogen (secondary N) is 1. The molecule has 0 aliphatic carbocycles. The number of cyclic esters (lactones) is 1. The summed E-state index contributed by atoms with van der Waals surface area (Å²) < 4.78 is 77.5. The number of carbonyl (C=O) groups excluding carboxylic acids is 2. The van der Waals surface area contributed by atoms with Crippen LogP contribution in [0, 0.1) is 11.2 Å². The number of esters is 1. The lowest BCUT2D eigenvalue weighted by molar-refractivity contribution is -0.155. The van der Waals surface area contributed by atoms with E-state index < -0.39 is 54.0 Å². The molecule has 3 aliphatic rings. The average Bonchev–Trinajstić information content (AvgIpc) is 3.71. The number of aliphatic imine (C=N–C) groups is 1. The van der Waals surface area contributed by atoms with Gasteiger partial charge in [-0.1, -0.05) is 20.4 Å². The van der Waals surface area contributed by atoms with E-state index in [1.54, 1.807) is 24.6 Å². The van der Waals surface area contributed by atoms with E-state index >= 15 is 4.39 Å². The van der Waals surface area contributed by atoms with Crippen molar-refractivity contribution in [2.45, 2.75) is 77.4 Å². The highest BCUT2D eigenvalue weighted by atomic mass is 32.1. The van der Waals surface area contributed by atoms with Crippen molar-refractivity contribution in [3.05, 3.63) is 57.6 Å². The number of allylic oxidation sites excluding steroid dienone is 1. The smallest absolute Gasteiger partial charge is 0.406 e. The second kappa shape index (κ2) is 16.5. The maximum absolute atomic E-state index is 16.2. The van der Waals surface area contributed by atoms with Crippen LogP contribution in [0.25, 0.3) is 28.2 Å². The first-order chi connectivity index (χ1) is 26.0. The summed E-state index contributed by atoms with van der Waals surface area (Å²) in [4.78, 5) is 37.9. The van der Waals surface area contributed by atoms with E-state index in [0.29, 0.717) is 73.0 Å². The molecule has 2 saturated heterocycles. The first-order valence-electron chi connectivity index (χ1n) is 18.2. The van der Waals surface area contributed by atoms with Crippen LogP contribution in [0.4, 0.5) is 17.6 Å². The van der Waals surface area contributed by atoms with Gasteiger partial charge in [-0.15, -0.1) is 11.3 Å². The van der Waals surface area contributed by atoms with Crippen LogP contribution in [0.2, 0.25) is 0 Å². The zero-order valence-corrected chi connectivity index (χ0v) is 32.2. The summed E-state index contributed by atoms with van der Waals surface area (Å²) in [6.45, 7) is 10.6. The van der Waals surface area contributed by atoms with Gasteiger partial charge in [0.2, 0.25) is 0 Å². The summed E-state index contributed by atoms with van der Waals surface area (Å²) in [5.41, 5.74) is 10.3. The van der Waals surface area contributed by atoms with Crippen molar-refractivity contribution < 1.29 is 41.4 Å².